The molecule has 8 nitrogen and oxygen atoms in total. The average molecular weight is 233 g/mol. The van der Waals surface area contributed by atoms with Crippen molar-refractivity contribution in [3.8, 4) is 0 Å². The van der Waals surface area contributed by atoms with E-state index in [9.17, 15) is 8.42 Å². The minimum atomic E-state index is -3.69. The first-order chi connectivity index (χ1) is 6.97. The van der Waals surface area contributed by atoms with Crippen molar-refractivity contribution in [1.82, 2.24) is 14.9 Å². The second kappa shape index (κ2) is 4.28. The molecule has 0 aromatic carbocycles. The zero-order chi connectivity index (χ0) is 11.5. The number of oxime groups is 1. The SMILES string of the molecule is CC(NS(=O)(=O)c1cn[nH]c1)/C(N)=N/O. The van der Waals surface area contributed by atoms with Crippen molar-refractivity contribution in [2.75, 3.05) is 0 Å². The molecule has 0 saturated carbocycles. The summed E-state index contributed by atoms with van der Waals surface area (Å²) in [5, 5.41) is 16.9. The molecule has 0 aliphatic heterocycles. The fourth-order valence-electron chi connectivity index (χ4n) is 0.834. The Kier molecular flexibility index (Phi) is 3.27. The summed E-state index contributed by atoms with van der Waals surface area (Å²) in [6, 6.07) is -0.796. The van der Waals surface area contributed by atoms with E-state index in [1.165, 1.54) is 13.1 Å². The first kappa shape index (κ1) is 11.5. The Hall–Kier alpha value is -1.61. The van der Waals surface area contributed by atoms with E-state index < -0.39 is 16.1 Å². The highest BCUT2D eigenvalue weighted by atomic mass is 32.2. The van der Waals surface area contributed by atoms with Crippen LogP contribution in [0.25, 0.3) is 0 Å². The molecule has 0 aliphatic rings. The quantitative estimate of drug-likeness (QED) is 0.225. The van der Waals surface area contributed by atoms with Gasteiger partial charge in [-0.25, -0.2) is 13.1 Å². The molecule has 1 unspecified atom stereocenters. The van der Waals surface area contributed by atoms with Crippen LogP contribution >= 0.6 is 0 Å². The minimum Gasteiger partial charge on any atom is -0.409 e. The summed E-state index contributed by atoms with van der Waals surface area (Å²) in [7, 11) is -3.69. The first-order valence-corrected chi connectivity index (χ1v) is 5.44. The Morgan fingerprint density at radius 2 is 2.47 bits per heavy atom. The molecule has 84 valence electrons. The number of hydrogen-bond donors (Lipinski definition) is 4. The topological polar surface area (TPSA) is 133 Å². The number of amidine groups is 1. The molecule has 1 aromatic heterocycles. The van der Waals surface area contributed by atoms with Crippen LogP contribution in [0.2, 0.25) is 0 Å². The van der Waals surface area contributed by atoms with Crippen molar-refractivity contribution in [2.24, 2.45) is 10.9 Å². The molecule has 0 spiro atoms. The number of rotatable bonds is 4. The van der Waals surface area contributed by atoms with Gasteiger partial charge in [0.05, 0.1) is 12.2 Å². The molecule has 9 heteroatoms. The lowest BCUT2D eigenvalue weighted by Crippen LogP contribution is -2.42. The third kappa shape index (κ3) is 2.67. The smallest absolute Gasteiger partial charge is 0.244 e. The van der Waals surface area contributed by atoms with E-state index in [0.717, 1.165) is 6.20 Å². The number of H-pyrrole nitrogens is 1. The van der Waals surface area contributed by atoms with E-state index >= 15 is 0 Å². The van der Waals surface area contributed by atoms with Gasteiger partial charge in [-0.3, -0.25) is 5.10 Å². The molecular weight excluding hydrogens is 222 g/mol. The van der Waals surface area contributed by atoms with Gasteiger partial charge in [-0.1, -0.05) is 5.16 Å². The molecule has 0 aliphatic carbocycles. The van der Waals surface area contributed by atoms with Gasteiger partial charge in [0, 0.05) is 6.20 Å². The van der Waals surface area contributed by atoms with Crippen molar-refractivity contribution in [3.05, 3.63) is 12.4 Å². The molecule has 1 atom stereocenters. The minimum absolute atomic E-state index is 0.0138. The van der Waals surface area contributed by atoms with Crippen LogP contribution in [-0.4, -0.2) is 35.7 Å². The van der Waals surface area contributed by atoms with Gasteiger partial charge < -0.3 is 10.9 Å². The summed E-state index contributed by atoms with van der Waals surface area (Å²) >= 11 is 0. The van der Waals surface area contributed by atoms with Crippen molar-refractivity contribution in [1.29, 1.82) is 0 Å². The van der Waals surface area contributed by atoms with E-state index in [0.29, 0.717) is 0 Å². The van der Waals surface area contributed by atoms with Gasteiger partial charge in [0.2, 0.25) is 10.0 Å². The second-order valence-corrected chi connectivity index (χ2v) is 4.52. The number of aromatic amines is 1. The lowest BCUT2D eigenvalue weighted by atomic mass is 10.3. The van der Waals surface area contributed by atoms with Gasteiger partial charge in [0.25, 0.3) is 0 Å². The lowest BCUT2D eigenvalue weighted by Gasteiger charge is -2.10. The summed E-state index contributed by atoms with van der Waals surface area (Å²) < 4.78 is 25.3. The number of nitrogens with two attached hydrogens (primary N) is 1. The third-order valence-corrected chi connectivity index (χ3v) is 3.18. The maximum absolute atomic E-state index is 11.6. The Labute approximate surface area is 86.2 Å². The predicted octanol–water partition coefficient (Wildman–Crippen LogP) is -1.18. The molecule has 0 fully saturated rings. The first-order valence-electron chi connectivity index (χ1n) is 3.96. The Morgan fingerprint density at radius 3 is 2.93 bits per heavy atom. The maximum atomic E-state index is 11.6. The molecule has 1 aromatic rings. The van der Waals surface area contributed by atoms with Gasteiger partial charge in [-0.05, 0) is 6.92 Å². The number of aromatic nitrogens is 2. The summed E-state index contributed by atoms with van der Waals surface area (Å²) in [6.07, 6.45) is 2.38. The van der Waals surface area contributed by atoms with E-state index in [1.54, 1.807) is 0 Å². The Balaban J connectivity index is 2.83. The van der Waals surface area contributed by atoms with E-state index in [-0.39, 0.29) is 10.7 Å². The van der Waals surface area contributed by atoms with Gasteiger partial charge in [-0.15, -0.1) is 0 Å². The highest BCUT2D eigenvalue weighted by Gasteiger charge is 2.20. The monoisotopic (exact) mass is 233 g/mol. The van der Waals surface area contributed by atoms with Crippen LogP contribution in [0, 0.1) is 0 Å². The van der Waals surface area contributed by atoms with Crippen molar-refractivity contribution >= 4 is 15.9 Å². The van der Waals surface area contributed by atoms with Gasteiger partial charge >= 0.3 is 0 Å². The van der Waals surface area contributed by atoms with E-state index in [1.807, 2.05) is 0 Å². The standard InChI is InChI=1S/C6H11N5O3S/c1-4(6(7)10-12)11-15(13,14)5-2-8-9-3-5/h2-4,11-12H,1H3,(H2,7,10)(H,8,9). The highest BCUT2D eigenvalue weighted by Crippen LogP contribution is 2.05. The van der Waals surface area contributed by atoms with Crippen molar-refractivity contribution < 1.29 is 13.6 Å². The number of sulfonamides is 1. The van der Waals surface area contributed by atoms with E-state index in [2.05, 4.69) is 20.1 Å². The zero-order valence-corrected chi connectivity index (χ0v) is 8.69. The number of nitrogens with one attached hydrogen (secondary N) is 2. The van der Waals surface area contributed by atoms with Crippen LogP contribution in [0.4, 0.5) is 0 Å². The number of nitrogens with zero attached hydrogens (tertiary/aromatic N) is 2. The Morgan fingerprint density at radius 1 is 1.80 bits per heavy atom. The second-order valence-electron chi connectivity index (χ2n) is 2.80. The van der Waals surface area contributed by atoms with Crippen LogP contribution in [-0.2, 0) is 10.0 Å². The predicted molar refractivity (Wildman–Crippen MR) is 51.8 cm³/mol. The van der Waals surface area contributed by atoms with Gasteiger partial charge in [-0.2, -0.15) is 5.10 Å². The molecule has 0 radical (unpaired) electrons. The number of hydrogen-bond acceptors (Lipinski definition) is 5. The zero-order valence-electron chi connectivity index (χ0n) is 7.88. The summed E-state index contributed by atoms with van der Waals surface area (Å²) in [5.41, 5.74) is 5.23. The molecule has 5 N–H and O–H groups in total. The Bertz CT molecular complexity index is 437. The van der Waals surface area contributed by atoms with Gasteiger partial charge in [0.15, 0.2) is 5.84 Å². The molecule has 1 rings (SSSR count). The third-order valence-electron chi connectivity index (χ3n) is 1.67. The normalized spacial score (nSPS) is 15.1. The molecule has 1 heterocycles. The van der Waals surface area contributed by atoms with Crippen molar-refractivity contribution in [3.63, 3.8) is 0 Å². The summed E-state index contributed by atoms with van der Waals surface area (Å²) in [5.74, 6) is -0.220. The summed E-state index contributed by atoms with van der Waals surface area (Å²) in [6.45, 7) is 1.45. The van der Waals surface area contributed by atoms with Crippen LogP contribution in [0.5, 0.6) is 0 Å². The maximum Gasteiger partial charge on any atom is 0.244 e. The average Bonchev–Trinajstić information content (AvgIpc) is 2.69. The van der Waals surface area contributed by atoms with Crippen LogP contribution in [0.3, 0.4) is 0 Å². The summed E-state index contributed by atoms with van der Waals surface area (Å²) in [4.78, 5) is -0.0138. The molecule has 0 amide bonds. The van der Waals surface area contributed by atoms with E-state index in [4.69, 9.17) is 10.9 Å². The molecule has 0 bridgehead atoms. The fourth-order valence-corrected chi connectivity index (χ4v) is 1.96. The lowest BCUT2D eigenvalue weighted by molar-refractivity contribution is 0.316. The van der Waals surface area contributed by atoms with Crippen LogP contribution < -0.4 is 10.5 Å². The molecular formula is C6H11N5O3S. The largest absolute Gasteiger partial charge is 0.409 e. The van der Waals surface area contributed by atoms with Crippen molar-refractivity contribution in [2.45, 2.75) is 17.9 Å². The van der Waals surface area contributed by atoms with Crippen LogP contribution in [0.15, 0.2) is 22.4 Å². The van der Waals surface area contributed by atoms with Crippen LogP contribution in [0.1, 0.15) is 6.92 Å². The molecule has 15 heavy (non-hydrogen) atoms. The highest BCUT2D eigenvalue weighted by molar-refractivity contribution is 7.89. The fraction of sp³-hybridized carbons (Fsp3) is 0.333. The van der Waals surface area contributed by atoms with Gasteiger partial charge in [0.1, 0.15) is 4.90 Å². The molecule has 0 saturated heterocycles.